The molecule has 4 nitrogen and oxygen atoms in total. The molecule has 2 atom stereocenters. The Morgan fingerprint density at radius 2 is 2.43 bits per heavy atom. The largest absolute Gasteiger partial charge is 0.393 e. The summed E-state index contributed by atoms with van der Waals surface area (Å²) in [5, 5.41) is 12.1. The molecule has 82 valence electrons. The van der Waals surface area contributed by atoms with Crippen molar-refractivity contribution in [3.05, 3.63) is 0 Å². The average molecular weight is 200 g/mol. The second-order valence-electron chi connectivity index (χ2n) is 4.16. The molecule has 14 heavy (non-hydrogen) atoms. The Morgan fingerprint density at radius 1 is 1.71 bits per heavy atom. The van der Waals surface area contributed by atoms with E-state index in [0.717, 1.165) is 26.1 Å². The number of hydrogen-bond donors (Lipinski definition) is 2. The molecule has 1 heterocycles. The number of hydrogen-bond acceptors (Lipinski definition) is 3. The van der Waals surface area contributed by atoms with Gasteiger partial charge in [0.2, 0.25) is 5.91 Å². The number of aliphatic hydroxyl groups excluding tert-OH is 1. The van der Waals surface area contributed by atoms with Crippen molar-refractivity contribution in [1.29, 1.82) is 0 Å². The van der Waals surface area contributed by atoms with Gasteiger partial charge in [-0.25, -0.2) is 0 Å². The molecule has 4 heteroatoms. The number of amides is 1. The fourth-order valence-electron chi connectivity index (χ4n) is 1.70. The maximum Gasteiger partial charge on any atom is 0.221 e. The first-order valence-corrected chi connectivity index (χ1v) is 5.27. The van der Waals surface area contributed by atoms with Gasteiger partial charge in [-0.05, 0) is 20.3 Å². The third kappa shape index (κ3) is 4.07. The lowest BCUT2D eigenvalue weighted by molar-refractivity contribution is -0.121. The Bertz CT molecular complexity index is 195. The second-order valence-corrected chi connectivity index (χ2v) is 4.16. The smallest absolute Gasteiger partial charge is 0.221 e. The highest BCUT2D eigenvalue weighted by Gasteiger charge is 2.18. The van der Waals surface area contributed by atoms with Crippen LogP contribution in [0.25, 0.3) is 0 Å². The first kappa shape index (κ1) is 11.5. The second kappa shape index (κ2) is 5.32. The number of nitrogens with zero attached hydrogens (tertiary/aromatic N) is 1. The maximum absolute atomic E-state index is 11.2. The zero-order valence-corrected chi connectivity index (χ0v) is 8.99. The van der Waals surface area contributed by atoms with E-state index in [4.69, 9.17) is 5.11 Å². The Hall–Kier alpha value is -0.610. The van der Waals surface area contributed by atoms with Crippen LogP contribution in [0, 0.1) is 0 Å². The van der Waals surface area contributed by atoms with Gasteiger partial charge in [0.1, 0.15) is 0 Å². The van der Waals surface area contributed by atoms with Gasteiger partial charge in [0.05, 0.1) is 6.10 Å². The van der Waals surface area contributed by atoms with Crippen LogP contribution in [0.1, 0.15) is 26.7 Å². The van der Waals surface area contributed by atoms with Gasteiger partial charge < -0.3 is 15.3 Å². The summed E-state index contributed by atoms with van der Waals surface area (Å²) in [4.78, 5) is 13.4. The van der Waals surface area contributed by atoms with Gasteiger partial charge in [0.15, 0.2) is 0 Å². The third-order valence-corrected chi connectivity index (χ3v) is 2.46. The number of carbonyl (C=O) groups excluding carboxylic acids is 1. The molecule has 2 N–H and O–H groups in total. The number of nitrogens with one attached hydrogen (secondary N) is 1. The molecule has 0 aromatic carbocycles. The van der Waals surface area contributed by atoms with Crippen LogP contribution in [0.15, 0.2) is 0 Å². The van der Waals surface area contributed by atoms with Crippen molar-refractivity contribution in [3.63, 3.8) is 0 Å². The molecule has 0 radical (unpaired) electrons. The molecule has 1 aliphatic rings. The Labute approximate surface area is 85.3 Å². The number of rotatable bonds is 3. The molecule has 1 amide bonds. The normalized spacial score (nSPS) is 26.8. The van der Waals surface area contributed by atoms with Crippen LogP contribution >= 0.6 is 0 Å². The van der Waals surface area contributed by atoms with Crippen LogP contribution in [0.4, 0.5) is 0 Å². The lowest BCUT2D eigenvalue weighted by Crippen LogP contribution is -2.37. The summed E-state index contributed by atoms with van der Waals surface area (Å²) in [6.07, 6.45) is 1.10. The van der Waals surface area contributed by atoms with Gasteiger partial charge in [0, 0.05) is 32.1 Å². The molecular weight excluding hydrogens is 180 g/mol. The van der Waals surface area contributed by atoms with E-state index < -0.39 is 0 Å². The van der Waals surface area contributed by atoms with Crippen LogP contribution in [0.3, 0.4) is 0 Å². The van der Waals surface area contributed by atoms with E-state index in [1.165, 1.54) is 0 Å². The van der Waals surface area contributed by atoms with Crippen LogP contribution in [-0.2, 0) is 4.79 Å². The monoisotopic (exact) mass is 200 g/mol. The summed E-state index contributed by atoms with van der Waals surface area (Å²) in [6, 6.07) is 0.221. The molecule has 2 unspecified atom stereocenters. The molecule has 0 aromatic rings. The highest BCUT2D eigenvalue weighted by atomic mass is 16.3. The minimum absolute atomic E-state index is 0.136. The topological polar surface area (TPSA) is 52.6 Å². The van der Waals surface area contributed by atoms with Gasteiger partial charge >= 0.3 is 0 Å². The predicted molar refractivity (Wildman–Crippen MR) is 55.0 cm³/mol. The minimum Gasteiger partial charge on any atom is -0.393 e. The van der Waals surface area contributed by atoms with Crippen molar-refractivity contribution in [1.82, 2.24) is 10.2 Å². The Balaban J connectivity index is 2.34. The summed E-state index contributed by atoms with van der Waals surface area (Å²) in [7, 11) is 0. The van der Waals surface area contributed by atoms with Crippen molar-refractivity contribution in [3.8, 4) is 0 Å². The fraction of sp³-hybridized carbons (Fsp3) is 0.900. The molecule has 0 saturated carbocycles. The molecule has 1 aliphatic heterocycles. The van der Waals surface area contributed by atoms with Crippen molar-refractivity contribution >= 4 is 5.91 Å². The van der Waals surface area contributed by atoms with Crippen LogP contribution < -0.4 is 5.32 Å². The molecule has 1 saturated heterocycles. The van der Waals surface area contributed by atoms with E-state index in [2.05, 4.69) is 10.2 Å². The Kier molecular flexibility index (Phi) is 4.35. The maximum atomic E-state index is 11.2. The van der Waals surface area contributed by atoms with E-state index in [9.17, 15) is 4.79 Å². The van der Waals surface area contributed by atoms with Gasteiger partial charge in [-0.15, -0.1) is 0 Å². The third-order valence-electron chi connectivity index (χ3n) is 2.46. The number of aliphatic hydroxyl groups is 1. The minimum atomic E-state index is -0.253. The molecule has 1 fully saturated rings. The van der Waals surface area contributed by atoms with E-state index in [1.54, 1.807) is 6.92 Å². The van der Waals surface area contributed by atoms with Crippen LogP contribution in [0.2, 0.25) is 0 Å². The highest BCUT2D eigenvalue weighted by molar-refractivity contribution is 5.76. The fourth-order valence-corrected chi connectivity index (χ4v) is 1.70. The highest BCUT2D eigenvalue weighted by Crippen LogP contribution is 2.03. The molecule has 0 aliphatic carbocycles. The quantitative estimate of drug-likeness (QED) is 0.672. The number of carbonyl (C=O) groups is 1. The molecule has 1 rings (SSSR count). The van der Waals surface area contributed by atoms with Crippen molar-refractivity contribution in [2.75, 3.05) is 19.6 Å². The van der Waals surface area contributed by atoms with E-state index >= 15 is 0 Å². The zero-order valence-electron chi connectivity index (χ0n) is 8.99. The van der Waals surface area contributed by atoms with Gasteiger partial charge in [-0.3, -0.25) is 4.79 Å². The van der Waals surface area contributed by atoms with Gasteiger partial charge in [-0.2, -0.15) is 0 Å². The van der Waals surface area contributed by atoms with Gasteiger partial charge in [0.25, 0.3) is 0 Å². The lowest BCUT2D eigenvalue weighted by Gasteiger charge is -2.22. The molecular formula is C10H20N2O2. The average Bonchev–Trinajstić information content (AvgIpc) is 2.23. The summed E-state index contributed by atoms with van der Waals surface area (Å²) in [5.74, 6) is 0.136. The SMILES string of the molecule is CC(O)CCN1CCC(=O)NC(C)C1. The van der Waals surface area contributed by atoms with Crippen molar-refractivity contribution in [2.45, 2.75) is 38.8 Å². The van der Waals surface area contributed by atoms with Crippen LogP contribution in [0.5, 0.6) is 0 Å². The van der Waals surface area contributed by atoms with Gasteiger partial charge in [-0.1, -0.05) is 0 Å². The van der Waals surface area contributed by atoms with Crippen molar-refractivity contribution in [2.24, 2.45) is 0 Å². The van der Waals surface area contributed by atoms with E-state index in [0.29, 0.717) is 6.42 Å². The molecule has 0 spiro atoms. The standard InChI is InChI=1S/C10H20N2O2/c1-8-7-12(5-3-9(2)13)6-4-10(14)11-8/h8-9,13H,3-7H2,1-2H3,(H,11,14). The van der Waals surface area contributed by atoms with Crippen molar-refractivity contribution < 1.29 is 9.90 Å². The first-order chi connectivity index (χ1) is 6.58. The predicted octanol–water partition coefficient (Wildman–Crippen LogP) is -0.0323. The Morgan fingerprint density at radius 3 is 3.07 bits per heavy atom. The summed E-state index contributed by atoms with van der Waals surface area (Å²) >= 11 is 0. The molecule has 0 aromatic heterocycles. The van der Waals surface area contributed by atoms with Crippen LogP contribution in [-0.4, -0.2) is 47.7 Å². The zero-order chi connectivity index (χ0) is 10.6. The summed E-state index contributed by atoms with van der Waals surface area (Å²) in [5.41, 5.74) is 0. The first-order valence-electron chi connectivity index (χ1n) is 5.27. The summed E-state index contributed by atoms with van der Waals surface area (Å²) in [6.45, 7) is 6.38. The summed E-state index contributed by atoms with van der Waals surface area (Å²) < 4.78 is 0. The lowest BCUT2D eigenvalue weighted by atomic mass is 10.2. The van der Waals surface area contributed by atoms with E-state index in [1.807, 2.05) is 6.92 Å². The molecule has 0 bridgehead atoms. The van der Waals surface area contributed by atoms with E-state index in [-0.39, 0.29) is 18.1 Å².